The van der Waals surface area contributed by atoms with Crippen LogP contribution in [0.2, 0.25) is 5.02 Å². The first kappa shape index (κ1) is 18.9. The normalized spacial score (nSPS) is 12.0. The van der Waals surface area contributed by atoms with Crippen molar-refractivity contribution in [2.24, 2.45) is 0 Å². The number of pyridine rings is 1. The highest BCUT2D eigenvalue weighted by Crippen LogP contribution is 2.39. The predicted molar refractivity (Wildman–Crippen MR) is 112 cm³/mol. The van der Waals surface area contributed by atoms with Gasteiger partial charge in [-0.15, -0.1) is 0 Å². The number of hydrogen-bond donors (Lipinski definition) is 0. The van der Waals surface area contributed by atoms with Gasteiger partial charge in [-0.05, 0) is 40.5 Å². The molecule has 1 aliphatic carbocycles. The molecule has 30 heavy (non-hydrogen) atoms. The second-order valence-corrected chi connectivity index (χ2v) is 7.78. The van der Waals surface area contributed by atoms with E-state index in [1.807, 2.05) is 30.3 Å². The molecule has 0 bridgehead atoms. The van der Waals surface area contributed by atoms with E-state index >= 15 is 4.39 Å². The third-order valence-corrected chi connectivity index (χ3v) is 5.71. The van der Waals surface area contributed by atoms with Crippen LogP contribution in [0.15, 0.2) is 66.7 Å². The molecule has 0 spiro atoms. The SMILES string of the molecule is Fc1cc(Cc2ccc3c(c2F)Cc2ccccc2-3)nc(-c2ccc(Cl)cc2)c1F. The van der Waals surface area contributed by atoms with Crippen molar-refractivity contribution < 1.29 is 13.2 Å². The molecule has 0 N–H and O–H groups in total. The van der Waals surface area contributed by atoms with Crippen molar-refractivity contribution >= 4 is 11.6 Å². The fourth-order valence-electron chi connectivity index (χ4n) is 3.99. The third-order valence-electron chi connectivity index (χ3n) is 5.45. The Hall–Kier alpha value is -3.11. The molecular formula is C25H15ClF3N. The van der Waals surface area contributed by atoms with Gasteiger partial charge < -0.3 is 0 Å². The predicted octanol–water partition coefficient (Wildman–Crippen LogP) is 6.98. The summed E-state index contributed by atoms with van der Waals surface area (Å²) in [7, 11) is 0. The number of aromatic nitrogens is 1. The first-order valence-corrected chi connectivity index (χ1v) is 9.88. The Labute approximate surface area is 176 Å². The number of halogens is 4. The Morgan fingerprint density at radius 1 is 0.833 bits per heavy atom. The van der Waals surface area contributed by atoms with Gasteiger partial charge in [-0.3, -0.25) is 0 Å². The van der Waals surface area contributed by atoms with E-state index in [9.17, 15) is 8.78 Å². The van der Waals surface area contributed by atoms with E-state index in [0.29, 0.717) is 28.1 Å². The topological polar surface area (TPSA) is 12.9 Å². The lowest BCUT2D eigenvalue weighted by Crippen LogP contribution is -2.03. The van der Waals surface area contributed by atoms with Crippen LogP contribution >= 0.6 is 11.6 Å². The molecule has 0 saturated heterocycles. The summed E-state index contributed by atoms with van der Waals surface area (Å²) >= 11 is 5.88. The van der Waals surface area contributed by atoms with Crippen LogP contribution in [0.25, 0.3) is 22.4 Å². The lowest BCUT2D eigenvalue weighted by molar-refractivity contribution is 0.504. The van der Waals surface area contributed by atoms with Crippen LogP contribution < -0.4 is 0 Å². The monoisotopic (exact) mass is 421 g/mol. The molecule has 148 valence electrons. The minimum absolute atomic E-state index is 0.0627. The highest BCUT2D eigenvalue weighted by Gasteiger charge is 2.23. The van der Waals surface area contributed by atoms with Crippen LogP contribution in [0, 0.1) is 17.5 Å². The number of fused-ring (bicyclic) bond motifs is 3. The molecule has 0 saturated carbocycles. The lowest BCUT2D eigenvalue weighted by Gasteiger charge is -2.11. The van der Waals surface area contributed by atoms with Gasteiger partial charge in [0.05, 0.1) is 0 Å². The minimum Gasteiger partial charge on any atom is -0.249 e. The largest absolute Gasteiger partial charge is 0.249 e. The molecule has 5 rings (SSSR count). The molecule has 0 radical (unpaired) electrons. The molecule has 3 aromatic carbocycles. The molecule has 5 heteroatoms. The zero-order valence-electron chi connectivity index (χ0n) is 15.7. The molecule has 0 fully saturated rings. The van der Waals surface area contributed by atoms with Crippen molar-refractivity contribution in [3.8, 4) is 22.4 Å². The van der Waals surface area contributed by atoms with Gasteiger partial charge in [0.25, 0.3) is 0 Å². The zero-order valence-corrected chi connectivity index (χ0v) is 16.5. The second kappa shape index (κ2) is 7.29. The van der Waals surface area contributed by atoms with Crippen LogP contribution in [0.4, 0.5) is 13.2 Å². The third kappa shape index (κ3) is 3.17. The first-order valence-electron chi connectivity index (χ1n) is 9.50. The van der Waals surface area contributed by atoms with Crippen molar-refractivity contribution in [1.82, 2.24) is 4.98 Å². The highest BCUT2D eigenvalue weighted by atomic mass is 35.5. The second-order valence-electron chi connectivity index (χ2n) is 7.34. The van der Waals surface area contributed by atoms with Crippen LogP contribution in [-0.4, -0.2) is 4.98 Å². The quantitative estimate of drug-likeness (QED) is 0.306. The van der Waals surface area contributed by atoms with Gasteiger partial charge in [0.1, 0.15) is 11.5 Å². The van der Waals surface area contributed by atoms with Crippen LogP contribution in [-0.2, 0) is 12.8 Å². The minimum atomic E-state index is -1.04. The van der Waals surface area contributed by atoms with E-state index < -0.39 is 11.6 Å². The summed E-state index contributed by atoms with van der Waals surface area (Å²) < 4.78 is 43.9. The Bertz CT molecular complexity index is 1280. The summed E-state index contributed by atoms with van der Waals surface area (Å²) in [6.07, 6.45) is 0.583. The van der Waals surface area contributed by atoms with Crippen LogP contribution in [0.1, 0.15) is 22.4 Å². The molecule has 0 unspecified atom stereocenters. The summed E-state index contributed by atoms with van der Waals surface area (Å²) in [6.45, 7) is 0. The molecule has 0 amide bonds. The van der Waals surface area contributed by atoms with Gasteiger partial charge in [0.15, 0.2) is 11.6 Å². The highest BCUT2D eigenvalue weighted by molar-refractivity contribution is 6.30. The van der Waals surface area contributed by atoms with Crippen molar-refractivity contribution in [3.63, 3.8) is 0 Å². The van der Waals surface area contributed by atoms with E-state index in [4.69, 9.17) is 11.6 Å². The van der Waals surface area contributed by atoms with Gasteiger partial charge in [-0.2, -0.15) is 0 Å². The Morgan fingerprint density at radius 3 is 2.40 bits per heavy atom. The number of benzene rings is 3. The number of hydrogen-bond acceptors (Lipinski definition) is 1. The van der Waals surface area contributed by atoms with E-state index in [2.05, 4.69) is 4.98 Å². The van der Waals surface area contributed by atoms with E-state index in [1.54, 1.807) is 30.3 Å². The van der Waals surface area contributed by atoms with E-state index in [1.165, 1.54) is 0 Å². The smallest absolute Gasteiger partial charge is 0.185 e. The zero-order chi connectivity index (χ0) is 20.8. The van der Waals surface area contributed by atoms with Gasteiger partial charge >= 0.3 is 0 Å². The summed E-state index contributed by atoms with van der Waals surface area (Å²) in [5.41, 5.74) is 4.59. The average Bonchev–Trinajstić information content (AvgIpc) is 3.13. The maximum absolute atomic E-state index is 15.3. The van der Waals surface area contributed by atoms with Gasteiger partial charge in [0.2, 0.25) is 0 Å². The van der Waals surface area contributed by atoms with Gasteiger partial charge in [-0.1, -0.05) is 60.1 Å². The van der Waals surface area contributed by atoms with Crippen molar-refractivity contribution in [2.75, 3.05) is 0 Å². The summed E-state index contributed by atoms with van der Waals surface area (Å²) in [6, 6.07) is 18.8. The maximum atomic E-state index is 15.3. The van der Waals surface area contributed by atoms with Crippen molar-refractivity contribution in [3.05, 3.63) is 112 Å². The Kier molecular flexibility index (Phi) is 4.59. The Morgan fingerprint density at radius 2 is 1.60 bits per heavy atom. The van der Waals surface area contributed by atoms with E-state index in [-0.39, 0.29) is 23.6 Å². The number of rotatable bonds is 3. The standard InChI is InChI=1S/C25H15ClF3N/c26-17-8-5-14(6-9-17)25-24(29)22(27)13-18(30-25)11-16-7-10-20-19-4-2-1-3-15(19)12-21(20)23(16)28/h1-10,13H,11-12H2. The molecule has 1 aliphatic rings. The van der Waals surface area contributed by atoms with Crippen LogP contribution in [0.3, 0.4) is 0 Å². The van der Waals surface area contributed by atoms with Crippen LogP contribution in [0.5, 0.6) is 0 Å². The van der Waals surface area contributed by atoms with Crippen molar-refractivity contribution in [1.29, 1.82) is 0 Å². The summed E-state index contributed by atoms with van der Waals surface area (Å²) in [5, 5.41) is 0.483. The van der Waals surface area contributed by atoms with E-state index in [0.717, 1.165) is 22.8 Å². The van der Waals surface area contributed by atoms with Crippen molar-refractivity contribution in [2.45, 2.75) is 12.8 Å². The van der Waals surface area contributed by atoms with Gasteiger partial charge in [-0.25, -0.2) is 18.2 Å². The fraction of sp³-hybridized carbons (Fsp3) is 0.0800. The number of nitrogens with zero attached hydrogens (tertiary/aromatic N) is 1. The molecule has 1 aromatic heterocycles. The summed E-state index contributed by atoms with van der Waals surface area (Å²) in [4.78, 5) is 4.28. The molecule has 4 aromatic rings. The first-order chi connectivity index (χ1) is 14.5. The molecule has 0 atom stereocenters. The molecule has 1 heterocycles. The lowest BCUT2D eigenvalue weighted by atomic mass is 9.99. The van der Waals surface area contributed by atoms with Gasteiger partial charge in [0, 0.05) is 34.7 Å². The Balaban J connectivity index is 1.53. The average molecular weight is 422 g/mol. The maximum Gasteiger partial charge on any atom is 0.185 e. The molecule has 1 nitrogen and oxygen atoms in total. The molecule has 0 aliphatic heterocycles. The fourth-order valence-corrected chi connectivity index (χ4v) is 4.12. The summed E-state index contributed by atoms with van der Waals surface area (Å²) in [5.74, 6) is -2.37. The molecular weight excluding hydrogens is 407 g/mol.